The Hall–Kier alpha value is -1.18. The van der Waals surface area contributed by atoms with Crippen molar-refractivity contribution in [3.63, 3.8) is 0 Å². The molecule has 1 amide bonds. The number of carboxylic acid groups (broad SMARTS) is 1. The number of ether oxygens (including phenoxy) is 2. The fourth-order valence-electron chi connectivity index (χ4n) is 1.90. The van der Waals surface area contributed by atoms with Gasteiger partial charge in [0.1, 0.15) is 13.2 Å². The molecule has 0 spiro atoms. The summed E-state index contributed by atoms with van der Waals surface area (Å²) in [6.07, 6.45) is 1.84. The lowest BCUT2D eigenvalue weighted by atomic mass is 10.1. The van der Waals surface area contributed by atoms with Gasteiger partial charge >= 0.3 is 5.97 Å². The van der Waals surface area contributed by atoms with Gasteiger partial charge in [0.15, 0.2) is 0 Å². The molecule has 19 heavy (non-hydrogen) atoms. The standard InChI is InChI=1S/C12H22N2O5/c1-18-7-6-14(8-12(16)17)11(15)9-19-10-2-4-13-5-3-10/h10,13H,2-9H2,1H3,(H,16,17). The Morgan fingerprint density at radius 3 is 2.63 bits per heavy atom. The van der Waals surface area contributed by atoms with Crippen LogP contribution in [0.15, 0.2) is 0 Å². The van der Waals surface area contributed by atoms with Gasteiger partial charge in [-0.1, -0.05) is 0 Å². The quantitative estimate of drug-likeness (QED) is 0.609. The van der Waals surface area contributed by atoms with E-state index in [2.05, 4.69) is 5.32 Å². The zero-order valence-electron chi connectivity index (χ0n) is 11.3. The van der Waals surface area contributed by atoms with E-state index in [0.29, 0.717) is 6.61 Å². The van der Waals surface area contributed by atoms with Crippen molar-refractivity contribution in [3.05, 3.63) is 0 Å². The van der Waals surface area contributed by atoms with Gasteiger partial charge in [0.25, 0.3) is 0 Å². The molecule has 1 rings (SSSR count). The van der Waals surface area contributed by atoms with Crippen LogP contribution in [-0.2, 0) is 19.1 Å². The highest BCUT2D eigenvalue weighted by Gasteiger charge is 2.19. The number of hydrogen-bond acceptors (Lipinski definition) is 5. The van der Waals surface area contributed by atoms with E-state index in [1.165, 1.54) is 12.0 Å². The third-order valence-corrected chi connectivity index (χ3v) is 2.97. The molecule has 7 heteroatoms. The number of rotatable bonds is 8. The first-order chi connectivity index (χ1) is 9.13. The van der Waals surface area contributed by atoms with Gasteiger partial charge in [-0.05, 0) is 25.9 Å². The Morgan fingerprint density at radius 2 is 2.05 bits per heavy atom. The molecule has 0 saturated carbocycles. The van der Waals surface area contributed by atoms with E-state index in [-0.39, 0.29) is 31.7 Å². The molecule has 7 nitrogen and oxygen atoms in total. The summed E-state index contributed by atoms with van der Waals surface area (Å²) in [5.74, 6) is -1.34. The van der Waals surface area contributed by atoms with E-state index in [1.54, 1.807) is 0 Å². The van der Waals surface area contributed by atoms with Crippen LogP contribution in [-0.4, -0.2) is 74.5 Å². The number of hydrogen-bond donors (Lipinski definition) is 2. The maximum atomic E-state index is 11.9. The zero-order valence-corrected chi connectivity index (χ0v) is 11.3. The van der Waals surface area contributed by atoms with Crippen molar-refractivity contribution in [3.8, 4) is 0 Å². The van der Waals surface area contributed by atoms with Gasteiger partial charge in [0.05, 0.1) is 12.7 Å². The monoisotopic (exact) mass is 274 g/mol. The Labute approximate surface area is 112 Å². The van der Waals surface area contributed by atoms with Gasteiger partial charge in [-0.2, -0.15) is 0 Å². The van der Waals surface area contributed by atoms with Gasteiger partial charge in [-0.15, -0.1) is 0 Å². The summed E-state index contributed by atoms with van der Waals surface area (Å²) in [6, 6.07) is 0. The number of amides is 1. The summed E-state index contributed by atoms with van der Waals surface area (Å²) in [6.45, 7) is 1.96. The van der Waals surface area contributed by atoms with Gasteiger partial charge in [0, 0.05) is 13.7 Å². The third-order valence-electron chi connectivity index (χ3n) is 2.97. The second-order valence-electron chi connectivity index (χ2n) is 4.46. The molecule has 1 aliphatic rings. The number of carbonyl (C=O) groups is 2. The molecule has 0 aliphatic carbocycles. The largest absolute Gasteiger partial charge is 0.480 e. The smallest absolute Gasteiger partial charge is 0.323 e. The van der Waals surface area contributed by atoms with E-state index < -0.39 is 5.97 Å². The lowest BCUT2D eigenvalue weighted by molar-refractivity contribution is -0.148. The molecule has 110 valence electrons. The molecule has 1 aliphatic heterocycles. The van der Waals surface area contributed by atoms with E-state index in [9.17, 15) is 9.59 Å². The average molecular weight is 274 g/mol. The van der Waals surface area contributed by atoms with E-state index >= 15 is 0 Å². The first-order valence-electron chi connectivity index (χ1n) is 6.44. The first kappa shape index (κ1) is 15.9. The number of methoxy groups -OCH3 is 1. The van der Waals surface area contributed by atoms with Crippen LogP contribution in [0, 0.1) is 0 Å². The van der Waals surface area contributed by atoms with E-state index in [0.717, 1.165) is 25.9 Å². The van der Waals surface area contributed by atoms with Crippen molar-refractivity contribution >= 4 is 11.9 Å². The van der Waals surface area contributed by atoms with Crippen molar-refractivity contribution in [1.29, 1.82) is 0 Å². The topological polar surface area (TPSA) is 88.1 Å². The Kier molecular flexibility index (Phi) is 7.39. The lowest BCUT2D eigenvalue weighted by Crippen LogP contribution is -2.41. The van der Waals surface area contributed by atoms with Gasteiger partial charge in [-0.25, -0.2) is 0 Å². The van der Waals surface area contributed by atoms with Crippen LogP contribution in [0.1, 0.15) is 12.8 Å². The highest BCUT2D eigenvalue weighted by atomic mass is 16.5. The van der Waals surface area contributed by atoms with Crippen molar-refractivity contribution in [2.24, 2.45) is 0 Å². The summed E-state index contributed by atoms with van der Waals surface area (Å²) >= 11 is 0. The van der Waals surface area contributed by atoms with Crippen LogP contribution in [0.5, 0.6) is 0 Å². The van der Waals surface area contributed by atoms with E-state index in [1.807, 2.05) is 0 Å². The minimum Gasteiger partial charge on any atom is -0.480 e. The molecular weight excluding hydrogens is 252 g/mol. The van der Waals surface area contributed by atoms with Crippen molar-refractivity contribution in [2.45, 2.75) is 18.9 Å². The van der Waals surface area contributed by atoms with Crippen LogP contribution < -0.4 is 5.32 Å². The summed E-state index contributed by atoms with van der Waals surface area (Å²) in [7, 11) is 1.51. The Bertz CT molecular complexity index is 292. The number of nitrogens with one attached hydrogen (secondary N) is 1. The predicted molar refractivity (Wildman–Crippen MR) is 67.9 cm³/mol. The van der Waals surface area contributed by atoms with Crippen LogP contribution in [0.2, 0.25) is 0 Å². The number of aliphatic carboxylic acids is 1. The molecule has 2 N–H and O–H groups in total. The second-order valence-corrected chi connectivity index (χ2v) is 4.46. The van der Waals surface area contributed by atoms with Gasteiger partial charge in [0.2, 0.25) is 5.91 Å². The SMILES string of the molecule is COCCN(CC(=O)O)C(=O)COC1CCNCC1. The minimum absolute atomic E-state index is 0.0678. The van der Waals surface area contributed by atoms with Crippen LogP contribution in [0.4, 0.5) is 0 Å². The average Bonchev–Trinajstić information content (AvgIpc) is 2.41. The summed E-state index contributed by atoms with van der Waals surface area (Å²) < 4.78 is 10.4. The molecule has 0 bridgehead atoms. The molecule has 0 atom stereocenters. The van der Waals surface area contributed by atoms with Crippen LogP contribution in [0.3, 0.4) is 0 Å². The number of carbonyl (C=O) groups excluding carboxylic acids is 1. The molecule has 0 unspecified atom stereocenters. The fraction of sp³-hybridized carbons (Fsp3) is 0.833. The Balaban J connectivity index is 2.34. The van der Waals surface area contributed by atoms with Crippen molar-refractivity contribution < 1.29 is 24.2 Å². The van der Waals surface area contributed by atoms with Crippen LogP contribution >= 0.6 is 0 Å². The summed E-state index contributed by atoms with van der Waals surface area (Å²) in [5, 5.41) is 12.0. The second kappa shape index (κ2) is 8.84. The number of piperidine rings is 1. The highest BCUT2D eigenvalue weighted by molar-refractivity contribution is 5.82. The molecule has 0 aromatic rings. The first-order valence-corrected chi connectivity index (χ1v) is 6.44. The Morgan fingerprint density at radius 1 is 1.37 bits per heavy atom. The molecule has 1 heterocycles. The predicted octanol–water partition coefficient (Wildman–Crippen LogP) is -0.685. The molecular formula is C12H22N2O5. The van der Waals surface area contributed by atoms with Gasteiger partial charge in [-0.3, -0.25) is 9.59 Å². The third kappa shape index (κ3) is 6.51. The number of carboxylic acids is 1. The van der Waals surface area contributed by atoms with Gasteiger partial charge < -0.3 is 24.8 Å². The summed E-state index contributed by atoms with van der Waals surface area (Å²) in [5.41, 5.74) is 0. The minimum atomic E-state index is -1.04. The summed E-state index contributed by atoms with van der Waals surface area (Å²) in [4.78, 5) is 23.8. The van der Waals surface area contributed by atoms with Crippen molar-refractivity contribution in [1.82, 2.24) is 10.2 Å². The van der Waals surface area contributed by atoms with Crippen molar-refractivity contribution in [2.75, 3.05) is 46.5 Å². The molecule has 1 fully saturated rings. The maximum Gasteiger partial charge on any atom is 0.323 e. The lowest BCUT2D eigenvalue weighted by Gasteiger charge is -2.25. The fourth-order valence-corrected chi connectivity index (χ4v) is 1.90. The molecule has 0 radical (unpaired) electrons. The highest BCUT2D eigenvalue weighted by Crippen LogP contribution is 2.07. The normalized spacial score (nSPS) is 16.3. The molecule has 0 aromatic carbocycles. The van der Waals surface area contributed by atoms with Crippen LogP contribution in [0.25, 0.3) is 0 Å². The maximum absolute atomic E-state index is 11.9. The zero-order chi connectivity index (χ0) is 14.1. The van der Waals surface area contributed by atoms with E-state index in [4.69, 9.17) is 14.6 Å². The number of nitrogens with zero attached hydrogens (tertiary/aromatic N) is 1. The molecule has 1 saturated heterocycles. The molecule has 0 aromatic heterocycles.